The molecule has 2 aromatic rings. The molecule has 0 fully saturated rings. The lowest BCUT2D eigenvalue weighted by Gasteiger charge is -1.99. The third kappa shape index (κ3) is 3.52. The van der Waals surface area contributed by atoms with Crippen molar-refractivity contribution in [2.45, 2.75) is 0 Å². The Labute approximate surface area is 115 Å². The van der Waals surface area contributed by atoms with Gasteiger partial charge in [-0.25, -0.2) is 0 Å². The molecule has 0 atom stereocenters. The van der Waals surface area contributed by atoms with Crippen LogP contribution in [0, 0.1) is 10.1 Å². The lowest BCUT2D eigenvalue weighted by Crippen LogP contribution is -2.16. The highest BCUT2D eigenvalue weighted by atomic mass is 16.6. The van der Waals surface area contributed by atoms with Crippen LogP contribution in [0.4, 0.5) is 5.69 Å². The van der Waals surface area contributed by atoms with Crippen LogP contribution in [0.15, 0.2) is 60.8 Å². The normalized spacial score (nSPS) is 10.4. The number of carbonyl (C=O) groups excluding carboxylic acids is 1. The van der Waals surface area contributed by atoms with E-state index in [1.165, 1.54) is 18.3 Å². The molecule has 5 nitrogen and oxygen atoms in total. The van der Waals surface area contributed by atoms with Crippen molar-refractivity contribution >= 4 is 17.7 Å². The standard InChI is InChI=1S/C15H12N2O3/c18-15(13-6-2-1-3-7-13)16-10-9-12-5-4-8-14(11-12)17(19)20/h1-11H,(H,16,18)/b10-9+. The van der Waals surface area contributed by atoms with Gasteiger partial charge < -0.3 is 5.32 Å². The quantitative estimate of drug-likeness (QED) is 0.684. The smallest absolute Gasteiger partial charge is 0.270 e. The van der Waals surface area contributed by atoms with E-state index in [1.54, 1.807) is 42.5 Å². The fourth-order valence-corrected chi connectivity index (χ4v) is 1.63. The van der Waals surface area contributed by atoms with Crippen molar-refractivity contribution < 1.29 is 9.72 Å². The van der Waals surface area contributed by atoms with E-state index >= 15 is 0 Å². The summed E-state index contributed by atoms with van der Waals surface area (Å²) in [7, 11) is 0. The molecule has 20 heavy (non-hydrogen) atoms. The van der Waals surface area contributed by atoms with Gasteiger partial charge in [-0.1, -0.05) is 30.3 Å². The second kappa shape index (κ2) is 6.29. The van der Waals surface area contributed by atoms with Gasteiger partial charge in [-0.2, -0.15) is 0 Å². The Morgan fingerprint density at radius 3 is 2.55 bits per heavy atom. The Morgan fingerprint density at radius 1 is 1.10 bits per heavy atom. The van der Waals surface area contributed by atoms with Gasteiger partial charge >= 0.3 is 0 Å². The van der Waals surface area contributed by atoms with E-state index in [-0.39, 0.29) is 11.6 Å². The zero-order valence-corrected chi connectivity index (χ0v) is 10.5. The molecular weight excluding hydrogens is 256 g/mol. The van der Waals surface area contributed by atoms with Crippen molar-refractivity contribution in [2.75, 3.05) is 0 Å². The van der Waals surface area contributed by atoms with Crippen molar-refractivity contribution in [3.05, 3.63) is 82.0 Å². The number of hydrogen-bond acceptors (Lipinski definition) is 3. The SMILES string of the molecule is O=C(N/C=C/c1cccc([N+](=O)[O-])c1)c1ccccc1. The molecule has 0 heterocycles. The summed E-state index contributed by atoms with van der Waals surface area (Å²) in [6, 6.07) is 15.0. The number of benzene rings is 2. The predicted octanol–water partition coefficient (Wildman–Crippen LogP) is 3.00. The maximum absolute atomic E-state index is 11.7. The maximum Gasteiger partial charge on any atom is 0.270 e. The summed E-state index contributed by atoms with van der Waals surface area (Å²) >= 11 is 0. The first-order valence-corrected chi connectivity index (χ1v) is 5.94. The summed E-state index contributed by atoms with van der Waals surface area (Å²) < 4.78 is 0. The molecule has 2 aromatic carbocycles. The molecule has 0 aliphatic heterocycles. The van der Waals surface area contributed by atoms with Crippen LogP contribution >= 0.6 is 0 Å². The van der Waals surface area contributed by atoms with Crippen LogP contribution in [0.2, 0.25) is 0 Å². The molecule has 0 aliphatic rings. The molecule has 1 N–H and O–H groups in total. The van der Waals surface area contributed by atoms with Gasteiger partial charge in [-0.3, -0.25) is 14.9 Å². The molecule has 0 aromatic heterocycles. The number of nitrogens with zero attached hydrogens (tertiary/aromatic N) is 1. The number of non-ortho nitro benzene ring substituents is 1. The average molecular weight is 268 g/mol. The van der Waals surface area contributed by atoms with Gasteiger partial charge in [-0.15, -0.1) is 0 Å². The van der Waals surface area contributed by atoms with E-state index < -0.39 is 4.92 Å². The highest BCUT2D eigenvalue weighted by Crippen LogP contribution is 2.13. The minimum absolute atomic E-state index is 0.0153. The third-order valence-electron chi connectivity index (χ3n) is 2.61. The van der Waals surface area contributed by atoms with Gasteiger partial charge in [0.15, 0.2) is 0 Å². The van der Waals surface area contributed by atoms with Gasteiger partial charge in [0.25, 0.3) is 11.6 Å². The minimum atomic E-state index is -0.458. The molecule has 5 heteroatoms. The Bertz CT molecular complexity index is 651. The number of nitrogens with one attached hydrogen (secondary N) is 1. The van der Waals surface area contributed by atoms with E-state index in [0.29, 0.717) is 11.1 Å². The highest BCUT2D eigenvalue weighted by Gasteiger charge is 2.04. The molecule has 0 unspecified atom stereocenters. The zero-order chi connectivity index (χ0) is 14.4. The number of rotatable bonds is 4. The Balaban J connectivity index is 2.02. The van der Waals surface area contributed by atoms with Crippen LogP contribution in [0.5, 0.6) is 0 Å². The van der Waals surface area contributed by atoms with E-state index in [0.717, 1.165) is 0 Å². The molecule has 1 amide bonds. The molecule has 0 saturated heterocycles. The highest BCUT2D eigenvalue weighted by molar-refractivity contribution is 5.95. The van der Waals surface area contributed by atoms with Gasteiger partial charge in [0, 0.05) is 23.9 Å². The van der Waals surface area contributed by atoms with Gasteiger partial charge in [0.1, 0.15) is 0 Å². The lowest BCUT2D eigenvalue weighted by atomic mass is 10.2. The summed E-state index contributed by atoms with van der Waals surface area (Å²) in [4.78, 5) is 21.9. The molecule has 2 rings (SSSR count). The third-order valence-corrected chi connectivity index (χ3v) is 2.61. The van der Waals surface area contributed by atoms with Crippen LogP contribution in [0.1, 0.15) is 15.9 Å². The first kappa shape index (κ1) is 13.5. The van der Waals surface area contributed by atoms with Gasteiger partial charge in [0.05, 0.1) is 4.92 Å². The van der Waals surface area contributed by atoms with Crippen LogP contribution in [-0.4, -0.2) is 10.8 Å². The van der Waals surface area contributed by atoms with Crippen molar-refractivity contribution in [1.29, 1.82) is 0 Å². The second-order valence-corrected chi connectivity index (χ2v) is 4.02. The summed E-state index contributed by atoms with van der Waals surface area (Å²) in [6.45, 7) is 0. The zero-order valence-electron chi connectivity index (χ0n) is 10.5. The summed E-state index contributed by atoms with van der Waals surface area (Å²) in [6.07, 6.45) is 3.07. The predicted molar refractivity (Wildman–Crippen MR) is 76.0 cm³/mol. The summed E-state index contributed by atoms with van der Waals surface area (Å²) in [5.41, 5.74) is 1.21. The molecule has 0 saturated carbocycles. The fraction of sp³-hybridized carbons (Fsp3) is 0. The Kier molecular flexibility index (Phi) is 4.24. The first-order valence-electron chi connectivity index (χ1n) is 5.94. The topological polar surface area (TPSA) is 72.2 Å². The van der Waals surface area contributed by atoms with Gasteiger partial charge in [0.2, 0.25) is 0 Å². The van der Waals surface area contributed by atoms with Crippen molar-refractivity contribution in [2.24, 2.45) is 0 Å². The monoisotopic (exact) mass is 268 g/mol. The second-order valence-electron chi connectivity index (χ2n) is 4.02. The van der Waals surface area contributed by atoms with Crippen molar-refractivity contribution in [3.8, 4) is 0 Å². The Hall–Kier alpha value is -2.95. The summed E-state index contributed by atoms with van der Waals surface area (Å²) in [5, 5.41) is 13.2. The van der Waals surface area contributed by atoms with Crippen molar-refractivity contribution in [3.63, 3.8) is 0 Å². The summed E-state index contributed by atoms with van der Waals surface area (Å²) in [5.74, 6) is -0.229. The van der Waals surface area contributed by atoms with Crippen LogP contribution in [0.3, 0.4) is 0 Å². The molecule has 0 aliphatic carbocycles. The largest absolute Gasteiger partial charge is 0.329 e. The molecular formula is C15H12N2O3. The molecule has 0 spiro atoms. The maximum atomic E-state index is 11.7. The van der Waals surface area contributed by atoms with Crippen LogP contribution in [0.25, 0.3) is 6.08 Å². The fourth-order valence-electron chi connectivity index (χ4n) is 1.63. The average Bonchev–Trinajstić information content (AvgIpc) is 2.48. The number of carbonyl (C=O) groups is 1. The molecule has 0 radical (unpaired) electrons. The Morgan fingerprint density at radius 2 is 1.85 bits per heavy atom. The van der Waals surface area contributed by atoms with Gasteiger partial charge in [-0.05, 0) is 23.8 Å². The van der Waals surface area contributed by atoms with E-state index in [4.69, 9.17) is 0 Å². The number of nitro groups is 1. The minimum Gasteiger partial charge on any atom is -0.329 e. The number of hydrogen-bond donors (Lipinski definition) is 1. The molecule has 0 bridgehead atoms. The lowest BCUT2D eigenvalue weighted by molar-refractivity contribution is -0.384. The van der Waals surface area contributed by atoms with Crippen LogP contribution < -0.4 is 5.32 Å². The van der Waals surface area contributed by atoms with Crippen molar-refractivity contribution in [1.82, 2.24) is 5.32 Å². The van der Waals surface area contributed by atoms with E-state index in [9.17, 15) is 14.9 Å². The molecule has 100 valence electrons. The van der Waals surface area contributed by atoms with Crippen LogP contribution in [-0.2, 0) is 0 Å². The first-order chi connectivity index (χ1) is 9.66. The van der Waals surface area contributed by atoms with E-state index in [1.807, 2.05) is 6.07 Å². The number of nitro benzene ring substituents is 1. The van der Waals surface area contributed by atoms with E-state index in [2.05, 4.69) is 5.32 Å². The number of amides is 1.